The molecule has 1 aliphatic heterocycles. The summed E-state index contributed by atoms with van der Waals surface area (Å²) < 4.78 is 40.9. The van der Waals surface area contributed by atoms with Crippen molar-refractivity contribution in [3.05, 3.63) is 59.9 Å². The molecule has 2 heterocycles. The third kappa shape index (κ3) is 5.17. The van der Waals surface area contributed by atoms with Gasteiger partial charge in [-0.3, -0.25) is 9.88 Å². The largest absolute Gasteiger partial charge is 0.573 e. The van der Waals surface area contributed by atoms with Crippen LogP contribution < -0.4 is 4.74 Å². The van der Waals surface area contributed by atoms with Crippen LogP contribution in [0.15, 0.2) is 48.7 Å². The molecule has 2 atom stereocenters. The number of rotatable bonds is 5. The van der Waals surface area contributed by atoms with Gasteiger partial charge in [0.1, 0.15) is 5.75 Å². The van der Waals surface area contributed by atoms with Crippen LogP contribution in [0.1, 0.15) is 11.3 Å². The van der Waals surface area contributed by atoms with E-state index in [1.165, 1.54) is 18.2 Å². The molecule has 3 rings (SSSR count). The zero-order valence-electron chi connectivity index (χ0n) is 13.5. The van der Waals surface area contributed by atoms with E-state index in [0.29, 0.717) is 31.6 Å². The van der Waals surface area contributed by atoms with E-state index in [9.17, 15) is 18.3 Å². The first-order chi connectivity index (χ1) is 11.9. The van der Waals surface area contributed by atoms with E-state index in [1.807, 2.05) is 23.1 Å². The van der Waals surface area contributed by atoms with Gasteiger partial charge in [0.15, 0.2) is 0 Å². The maximum Gasteiger partial charge on any atom is 0.573 e. The summed E-state index contributed by atoms with van der Waals surface area (Å²) in [7, 11) is 0. The van der Waals surface area contributed by atoms with Crippen molar-refractivity contribution >= 4 is 0 Å². The Morgan fingerprint density at radius 3 is 2.72 bits per heavy atom. The molecule has 134 valence electrons. The van der Waals surface area contributed by atoms with Crippen molar-refractivity contribution in [2.45, 2.75) is 25.4 Å². The highest BCUT2D eigenvalue weighted by Crippen LogP contribution is 2.26. The summed E-state index contributed by atoms with van der Waals surface area (Å²) in [6, 6.07) is 11.6. The molecule has 1 aromatic carbocycles. The van der Waals surface area contributed by atoms with Crippen molar-refractivity contribution in [1.82, 2.24) is 9.88 Å². The number of benzene rings is 1. The van der Waals surface area contributed by atoms with Crippen molar-refractivity contribution in [2.24, 2.45) is 5.92 Å². The average molecular weight is 352 g/mol. The lowest BCUT2D eigenvalue weighted by Crippen LogP contribution is -2.21. The van der Waals surface area contributed by atoms with Crippen molar-refractivity contribution in [2.75, 3.05) is 13.1 Å². The number of hydrogen-bond donors (Lipinski definition) is 1. The van der Waals surface area contributed by atoms with Gasteiger partial charge in [-0.05, 0) is 36.2 Å². The molecule has 25 heavy (non-hydrogen) atoms. The van der Waals surface area contributed by atoms with Gasteiger partial charge in [0.25, 0.3) is 0 Å². The lowest BCUT2D eigenvalue weighted by atomic mass is 10.00. The van der Waals surface area contributed by atoms with E-state index in [2.05, 4.69) is 9.72 Å². The highest BCUT2D eigenvalue weighted by atomic mass is 19.4. The van der Waals surface area contributed by atoms with Crippen LogP contribution in [-0.2, 0) is 13.0 Å². The number of aromatic nitrogens is 1. The molecule has 1 aromatic heterocycles. The van der Waals surface area contributed by atoms with Crippen molar-refractivity contribution < 1.29 is 23.0 Å². The van der Waals surface area contributed by atoms with Gasteiger partial charge in [0.05, 0.1) is 6.10 Å². The van der Waals surface area contributed by atoms with Gasteiger partial charge in [0, 0.05) is 37.4 Å². The average Bonchev–Trinajstić information content (AvgIpc) is 2.86. The van der Waals surface area contributed by atoms with Gasteiger partial charge >= 0.3 is 6.36 Å². The Morgan fingerprint density at radius 2 is 2.00 bits per heavy atom. The Kier molecular flexibility index (Phi) is 5.24. The van der Waals surface area contributed by atoms with E-state index in [0.717, 1.165) is 5.69 Å². The minimum atomic E-state index is -4.70. The first-order valence-electron chi connectivity index (χ1n) is 8.04. The van der Waals surface area contributed by atoms with E-state index in [1.54, 1.807) is 12.3 Å². The fourth-order valence-corrected chi connectivity index (χ4v) is 3.16. The number of hydrogen-bond acceptors (Lipinski definition) is 4. The van der Waals surface area contributed by atoms with Gasteiger partial charge in [0.2, 0.25) is 0 Å². The van der Waals surface area contributed by atoms with E-state index in [-0.39, 0.29) is 11.7 Å². The number of alkyl halides is 3. The Hall–Kier alpha value is -2.12. The lowest BCUT2D eigenvalue weighted by Gasteiger charge is -2.16. The fourth-order valence-electron chi connectivity index (χ4n) is 3.16. The van der Waals surface area contributed by atoms with Gasteiger partial charge in [-0.15, -0.1) is 13.2 Å². The van der Waals surface area contributed by atoms with Crippen molar-refractivity contribution in [1.29, 1.82) is 0 Å². The predicted molar refractivity (Wildman–Crippen MR) is 85.8 cm³/mol. The number of β-amino-alcohol motifs (C(OH)–C–C–N with tert-alkyl or cyclic N) is 1. The lowest BCUT2D eigenvalue weighted by molar-refractivity contribution is -0.274. The summed E-state index contributed by atoms with van der Waals surface area (Å²) in [4.78, 5) is 6.31. The molecule has 1 aliphatic rings. The third-order valence-corrected chi connectivity index (χ3v) is 4.22. The van der Waals surface area contributed by atoms with Gasteiger partial charge in [-0.25, -0.2) is 0 Å². The second kappa shape index (κ2) is 7.41. The SMILES string of the molecule is O[C@@H]1CN(Cc2cccc(OC(F)(F)F)c2)C[C@H]1Cc1ccccn1. The zero-order chi connectivity index (χ0) is 17.9. The molecule has 1 N–H and O–H groups in total. The number of pyridine rings is 1. The van der Waals surface area contributed by atoms with Gasteiger partial charge < -0.3 is 9.84 Å². The number of aliphatic hydroxyl groups excluding tert-OH is 1. The summed E-state index contributed by atoms with van der Waals surface area (Å²) in [5.41, 5.74) is 1.64. The molecule has 0 radical (unpaired) electrons. The molecule has 1 fully saturated rings. The highest BCUT2D eigenvalue weighted by Gasteiger charge is 2.32. The third-order valence-electron chi connectivity index (χ3n) is 4.22. The summed E-state index contributed by atoms with van der Waals surface area (Å²) in [6.45, 7) is 1.62. The molecule has 1 saturated heterocycles. The molecule has 0 amide bonds. The molecule has 0 spiro atoms. The number of ether oxygens (including phenoxy) is 1. The maximum atomic E-state index is 12.3. The molecule has 7 heteroatoms. The normalized spacial score (nSPS) is 21.4. The topological polar surface area (TPSA) is 45.6 Å². The summed E-state index contributed by atoms with van der Waals surface area (Å²) in [6.07, 6.45) is -2.77. The van der Waals surface area contributed by atoms with E-state index in [4.69, 9.17) is 0 Å². The molecule has 4 nitrogen and oxygen atoms in total. The number of halogens is 3. The zero-order valence-corrected chi connectivity index (χ0v) is 13.5. The second-order valence-corrected chi connectivity index (χ2v) is 6.24. The molecule has 0 aliphatic carbocycles. The van der Waals surface area contributed by atoms with Crippen LogP contribution in [-0.4, -0.2) is 40.5 Å². The monoisotopic (exact) mass is 352 g/mol. The minimum Gasteiger partial charge on any atom is -0.406 e. The number of likely N-dealkylation sites (tertiary alicyclic amines) is 1. The summed E-state index contributed by atoms with van der Waals surface area (Å²) >= 11 is 0. The Bertz CT molecular complexity index is 694. The van der Waals surface area contributed by atoms with Crippen LogP contribution >= 0.6 is 0 Å². The highest BCUT2D eigenvalue weighted by molar-refractivity contribution is 5.28. The Balaban J connectivity index is 1.60. The first kappa shape index (κ1) is 17.7. The second-order valence-electron chi connectivity index (χ2n) is 6.24. The smallest absolute Gasteiger partial charge is 0.406 e. The predicted octanol–water partition coefficient (Wildman–Crippen LogP) is 3.02. The van der Waals surface area contributed by atoms with Crippen LogP contribution in [0.5, 0.6) is 5.75 Å². The number of aliphatic hydroxyl groups is 1. The van der Waals surface area contributed by atoms with Crippen LogP contribution in [0.4, 0.5) is 13.2 Å². The quantitative estimate of drug-likeness (QED) is 0.899. The van der Waals surface area contributed by atoms with E-state index < -0.39 is 12.5 Å². The van der Waals surface area contributed by atoms with Crippen LogP contribution in [0.2, 0.25) is 0 Å². The van der Waals surface area contributed by atoms with Crippen molar-refractivity contribution in [3.8, 4) is 5.75 Å². The summed E-state index contributed by atoms with van der Waals surface area (Å²) in [5.74, 6) is -0.167. The molecule has 0 bridgehead atoms. The maximum absolute atomic E-state index is 12.3. The van der Waals surface area contributed by atoms with Crippen LogP contribution in [0.3, 0.4) is 0 Å². The van der Waals surface area contributed by atoms with Crippen LogP contribution in [0.25, 0.3) is 0 Å². The van der Waals surface area contributed by atoms with Crippen LogP contribution in [0, 0.1) is 5.92 Å². The Morgan fingerprint density at radius 1 is 1.16 bits per heavy atom. The van der Waals surface area contributed by atoms with Gasteiger partial charge in [-0.2, -0.15) is 0 Å². The first-order valence-corrected chi connectivity index (χ1v) is 8.04. The molecular weight excluding hydrogens is 333 g/mol. The molecule has 0 saturated carbocycles. The summed E-state index contributed by atoms with van der Waals surface area (Å²) in [5, 5.41) is 10.3. The molecular formula is C18H19F3N2O2. The standard InChI is InChI=1S/C18H19F3N2O2/c19-18(20,21)25-16-6-3-4-13(8-16)10-23-11-14(17(24)12-23)9-15-5-1-2-7-22-15/h1-8,14,17,24H,9-12H2/t14-,17-/m1/s1. The number of nitrogens with zero attached hydrogens (tertiary/aromatic N) is 2. The minimum absolute atomic E-state index is 0.0597. The molecule has 2 aromatic rings. The Labute approximate surface area is 143 Å². The van der Waals surface area contributed by atoms with E-state index >= 15 is 0 Å². The van der Waals surface area contributed by atoms with Crippen molar-refractivity contribution in [3.63, 3.8) is 0 Å². The molecule has 0 unspecified atom stereocenters. The van der Waals surface area contributed by atoms with Gasteiger partial charge in [-0.1, -0.05) is 18.2 Å². The fraction of sp³-hybridized carbons (Fsp3) is 0.389.